The summed E-state index contributed by atoms with van der Waals surface area (Å²) in [5, 5.41) is 4.23. The third kappa shape index (κ3) is 3.33. The molecule has 2 N–H and O–H groups in total. The van der Waals surface area contributed by atoms with E-state index < -0.39 is 11.9 Å². The lowest BCUT2D eigenvalue weighted by Gasteiger charge is -2.17. The zero-order chi connectivity index (χ0) is 24.2. The summed E-state index contributed by atoms with van der Waals surface area (Å²) in [6.45, 7) is 4.08. The van der Waals surface area contributed by atoms with Crippen LogP contribution in [-0.4, -0.2) is 24.3 Å². The molecule has 0 saturated heterocycles. The fourth-order valence-corrected chi connectivity index (χ4v) is 4.39. The van der Waals surface area contributed by atoms with Gasteiger partial charge < -0.3 is 10.5 Å². The van der Waals surface area contributed by atoms with Crippen molar-refractivity contribution in [3.8, 4) is 11.4 Å². The number of nitrogens with zero attached hydrogens (tertiary/aromatic N) is 5. The molecule has 7 nitrogen and oxygen atoms in total. The largest absolute Gasteiger partial charge is 0.489 e. The summed E-state index contributed by atoms with van der Waals surface area (Å²) >= 11 is 0. The highest BCUT2D eigenvalue weighted by atomic mass is 19.4. The smallest absolute Gasteiger partial charge is 0.433 e. The first-order valence-corrected chi connectivity index (χ1v) is 10.5. The van der Waals surface area contributed by atoms with Crippen molar-refractivity contribution in [2.24, 2.45) is 7.05 Å². The minimum Gasteiger partial charge on any atom is -0.489 e. The van der Waals surface area contributed by atoms with E-state index in [-0.39, 0.29) is 27.9 Å². The molecule has 0 unspecified atom stereocenters. The number of hydrogen-bond donors (Lipinski definition) is 1. The predicted molar refractivity (Wildman–Crippen MR) is 123 cm³/mol. The third-order valence-electron chi connectivity index (χ3n) is 5.87. The summed E-state index contributed by atoms with van der Waals surface area (Å²) in [5.74, 6) is 0.562. The second-order valence-corrected chi connectivity index (χ2v) is 8.09. The van der Waals surface area contributed by atoms with E-state index in [1.807, 2.05) is 56.3 Å². The standard InChI is InChI=1S/C24H21F3N6O/c1-13-9-10-16(34-11-15-7-5-4-6-8-15)14(2)19(13)33-22-18(21(28)29-12-30-22)17-20(24(25,26)27)32(3)31-23(17)33/h4-10,12H,11H2,1-3H3,(H2,28,29,30). The fourth-order valence-electron chi connectivity index (χ4n) is 4.39. The summed E-state index contributed by atoms with van der Waals surface area (Å²) in [7, 11) is 1.26. The van der Waals surface area contributed by atoms with E-state index in [2.05, 4.69) is 15.1 Å². The Balaban J connectivity index is 1.77. The molecule has 0 saturated carbocycles. The Morgan fingerprint density at radius 2 is 1.71 bits per heavy atom. The molecule has 0 fully saturated rings. The number of halogens is 3. The van der Waals surface area contributed by atoms with Gasteiger partial charge in [-0.25, -0.2) is 9.97 Å². The van der Waals surface area contributed by atoms with Gasteiger partial charge in [0.2, 0.25) is 0 Å². The number of aromatic nitrogens is 5. The third-order valence-corrected chi connectivity index (χ3v) is 5.87. The van der Waals surface area contributed by atoms with Gasteiger partial charge in [0.25, 0.3) is 0 Å². The van der Waals surface area contributed by atoms with E-state index in [0.717, 1.165) is 21.4 Å². The van der Waals surface area contributed by atoms with Gasteiger partial charge in [-0.1, -0.05) is 36.4 Å². The molecule has 5 rings (SSSR count). The number of rotatable bonds is 4. The topological polar surface area (TPSA) is 83.8 Å². The highest BCUT2D eigenvalue weighted by molar-refractivity contribution is 6.12. The molecule has 174 valence electrons. The molecule has 0 radical (unpaired) electrons. The number of benzene rings is 2. The van der Waals surface area contributed by atoms with E-state index in [1.54, 1.807) is 4.57 Å². The molecule has 3 heterocycles. The quantitative estimate of drug-likeness (QED) is 0.398. The molecule has 0 aliphatic rings. The van der Waals surface area contributed by atoms with Crippen molar-refractivity contribution >= 4 is 27.9 Å². The first kappa shape index (κ1) is 21.7. The Labute approximate surface area is 192 Å². The zero-order valence-corrected chi connectivity index (χ0v) is 18.7. The first-order valence-electron chi connectivity index (χ1n) is 10.5. The van der Waals surface area contributed by atoms with Crippen LogP contribution in [0.15, 0.2) is 48.8 Å². The van der Waals surface area contributed by atoms with Crippen LogP contribution in [-0.2, 0) is 19.8 Å². The summed E-state index contributed by atoms with van der Waals surface area (Å²) in [4.78, 5) is 8.25. The molecule has 3 aromatic heterocycles. The number of anilines is 1. The van der Waals surface area contributed by atoms with Gasteiger partial charge >= 0.3 is 6.18 Å². The van der Waals surface area contributed by atoms with Gasteiger partial charge in [-0.05, 0) is 31.0 Å². The molecule has 0 amide bonds. The van der Waals surface area contributed by atoms with Gasteiger partial charge in [-0.3, -0.25) is 9.25 Å². The van der Waals surface area contributed by atoms with Gasteiger partial charge in [-0.2, -0.15) is 18.3 Å². The minimum absolute atomic E-state index is 0.0426. The van der Waals surface area contributed by atoms with Crippen LogP contribution < -0.4 is 10.5 Å². The first-order chi connectivity index (χ1) is 16.2. The Hall–Kier alpha value is -4.08. The van der Waals surface area contributed by atoms with Gasteiger partial charge in [-0.15, -0.1) is 0 Å². The second kappa shape index (κ2) is 7.75. The average Bonchev–Trinajstić information content (AvgIpc) is 3.27. The van der Waals surface area contributed by atoms with Crippen molar-refractivity contribution in [1.29, 1.82) is 0 Å². The van der Waals surface area contributed by atoms with Gasteiger partial charge in [0.1, 0.15) is 24.5 Å². The molecular formula is C24H21F3N6O. The maximum atomic E-state index is 14.0. The number of fused-ring (bicyclic) bond motifs is 3. The van der Waals surface area contributed by atoms with Crippen molar-refractivity contribution in [2.75, 3.05) is 5.73 Å². The number of aryl methyl sites for hydroxylation is 2. The number of hydrogen-bond acceptors (Lipinski definition) is 5. The Morgan fingerprint density at radius 3 is 2.41 bits per heavy atom. The lowest BCUT2D eigenvalue weighted by atomic mass is 10.1. The van der Waals surface area contributed by atoms with E-state index in [0.29, 0.717) is 18.0 Å². The Morgan fingerprint density at radius 1 is 0.971 bits per heavy atom. The van der Waals surface area contributed by atoms with Crippen LogP contribution >= 0.6 is 0 Å². The lowest BCUT2D eigenvalue weighted by Crippen LogP contribution is -2.12. The second-order valence-electron chi connectivity index (χ2n) is 8.09. The monoisotopic (exact) mass is 466 g/mol. The number of ether oxygens (including phenoxy) is 1. The highest BCUT2D eigenvalue weighted by Gasteiger charge is 2.40. The molecule has 0 atom stereocenters. The maximum absolute atomic E-state index is 14.0. The van der Waals surface area contributed by atoms with E-state index >= 15 is 0 Å². The van der Waals surface area contributed by atoms with E-state index in [4.69, 9.17) is 10.5 Å². The van der Waals surface area contributed by atoms with Crippen LogP contribution in [0.4, 0.5) is 19.0 Å². The van der Waals surface area contributed by atoms with Gasteiger partial charge in [0.05, 0.1) is 16.5 Å². The summed E-state index contributed by atoms with van der Waals surface area (Å²) in [6, 6.07) is 13.4. The summed E-state index contributed by atoms with van der Waals surface area (Å²) in [6.07, 6.45) is -3.41. The molecular weight excluding hydrogens is 445 g/mol. The Bertz CT molecular complexity index is 1540. The van der Waals surface area contributed by atoms with Crippen LogP contribution in [0.5, 0.6) is 5.75 Å². The van der Waals surface area contributed by atoms with E-state index in [1.165, 1.54) is 13.4 Å². The molecule has 0 aliphatic heterocycles. The number of alkyl halides is 3. The van der Waals surface area contributed by atoms with Crippen LogP contribution in [0.1, 0.15) is 22.4 Å². The number of nitrogen functional groups attached to an aromatic ring is 1. The number of nitrogens with two attached hydrogens (primary N) is 1. The molecule has 2 aromatic carbocycles. The minimum atomic E-state index is -4.64. The molecule has 10 heteroatoms. The van der Waals surface area contributed by atoms with Crippen LogP contribution in [0.25, 0.3) is 27.8 Å². The molecule has 0 spiro atoms. The van der Waals surface area contributed by atoms with Gasteiger partial charge in [0.15, 0.2) is 17.0 Å². The zero-order valence-electron chi connectivity index (χ0n) is 18.7. The molecule has 5 aromatic rings. The van der Waals surface area contributed by atoms with Crippen molar-refractivity contribution in [3.05, 3.63) is 71.2 Å². The summed E-state index contributed by atoms with van der Waals surface area (Å²) < 4.78 is 50.5. The molecule has 0 aliphatic carbocycles. The summed E-state index contributed by atoms with van der Waals surface area (Å²) in [5.41, 5.74) is 8.70. The van der Waals surface area contributed by atoms with Gasteiger partial charge in [0, 0.05) is 12.6 Å². The molecule has 34 heavy (non-hydrogen) atoms. The van der Waals surface area contributed by atoms with Crippen molar-refractivity contribution in [1.82, 2.24) is 24.3 Å². The van der Waals surface area contributed by atoms with Crippen LogP contribution in [0, 0.1) is 13.8 Å². The van der Waals surface area contributed by atoms with Crippen molar-refractivity contribution < 1.29 is 17.9 Å². The average molecular weight is 466 g/mol. The normalized spacial score (nSPS) is 12.1. The van der Waals surface area contributed by atoms with Crippen LogP contribution in [0.3, 0.4) is 0 Å². The Kier molecular flexibility index (Phi) is 4.96. The molecule has 0 bridgehead atoms. The van der Waals surface area contributed by atoms with Crippen LogP contribution in [0.2, 0.25) is 0 Å². The van der Waals surface area contributed by atoms with E-state index in [9.17, 15) is 13.2 Å². The fraction of sp³-hybridized carbons (Fsp3) is 0.208. The SMILES string of the molecule is Cc1ccc(OCc2ccccc2)c(C)c1-n1c2ncnc(N)c2c2c(C(F)(F)F)n(C)nc21. The lowest BCUT2D eigenvalue weighted by molar-refractivity contribution is -0.142. The predicted octanol–water partition coefficient (Wildman–Crippen LogP) is 5.10. The van der Waals surface area contributed by atoms with Crippen molar-refractivity contribution in [3.63, 3.8) is 0 Å². The van der Waals surface area contributed by atoms with Crippen molar-refractivity contribution in [2.45, 2.75) is 26.6 Å². The highest BCUT2D eigenvalue weighted by Crippen LogP contribution is 2.43. The maximum Gasteiger partial charge on any atom is 0.433 e.